The van der Waals surface area contributed by atoms with Crippen LogP contribution in [0.2, 0.25) is 19.6 Å². The molecule has 0 amide bonds. The van der Waals surface area contributed by atoms with Gasteiger partial charge in [-0.1, -0.05) is 144 Å². The summed E-state index contributed by atoms with van der Waals surface area (Å²) < 4.78 is 27.8. The lowest BCUT2D eigenvalue weighted by atomic mass is 9.87. The number of nitrogens with zero attached hydrogens (tertiary/aromatic N) is 2. The van der Waals surface area contributed by atoms with E-state index in [0.29, 0.717) is 0 Å². The van der Waals surface area contributed by atoms with Gasteiger partial charge in [0.2, 0.25) is 0 Å². The topological polar surface area (TPSA) is 31.0 Å². The molecule has 0 N–H and O–H groups in total. The Labute approximate surface area is 299 Å². The molecule has 2 aromatic heterocycles. The van der Waals surface area contributed by atoms with Crippen molar-refractivity contribution in [2.45, 2.75) is 59.1 Å². The number of fused-ring (bicyclic) bond motifs is 4. The van der Waals surface area contributed by atoms with E-state index in [1.807, 2.05) is 64.1 Å². The van der Waals surface area contributed by atoms with E-state index in [4.69, 9.17) is 9.40 Å². The monoisotopic (exact) mass is 670 g/mol. The minimum Gasteiger partial charge on any atom is -0.455 e. The molecule has 0 aliphatic carbocycles. The number of para-hydroxylation sites is 4. The van der Waals surface area contributed by atoms with Crippen LogP contribution in [-0.4, -0.2) is 17.6 Å². The molecule has 8 rings (SSSR count). The average molecular weight is 671 g/mol. The highest BCUT2D eigenvalue weighted by Gasteiger charge is 2.25. The zero-order valence-corrected chi connectivity index (χ0v) is 30.9. The molecule has 0 unspecified atom stereocenters. The summed E-state index contributed by atoms with van der Waals surface area (Å²) in [5.41, 5.74) is 11.1. The van der Waals surface area contributed by atoms with Gasteiger partial charge in [0.1, 0.15) is 17.0 Å². The summed E-state index contributed by atoms with van der Waals surface area (Å²) in [5.74, 6) is -1.28. The van der Waals surface area contributed by atoms with E-state index >= 15 is 0 Å². The Balaban J connectivity index is 1.35. The summed E-state index contributed by atoms with van der Waals surface area (Å²) in [7, 11) is -1.38. The Morgan fingerprint density at radius 3 is 1.82 bits per heavy atom. The predicted octanol–water partition coefficient (Wildman–Crippen LogP) is 12.7. The molecule has 4 heteroatoms. The normalized spacial score (nSPS) is 13.3. The summed E-state index contributed by atoms with van der Waals surface area (Å²) in [6.07, 6.45) is 0. The van der Waals surface area contributed by atoms with Crippen LogP contribution >= 0.6 is 0 Å². The highest BCUT2D eigenvalue weighted by atomic mass is 28.3. The molecule has 0 aliphatic rings. The van der Waals surface area contributed by atoms with Gasteiger partial charge < -0.3 is 4.42 Å². The second-order valence-electron chi connectivity index (χ2n) is 14.9. The van der Waals surface area contributed by atoms with Crippen molar-refractivity contribution < 1.29 is 7.16 Å². The van der Waals surface area contributed by atoms with Crippen molar-refractivity contribution in [2.24, 2.45) is 0 Å². The molecule has 0 saturated carbocycles. The van der Waals surface area contributed by atoms with Crippen LogP contribution in [0.15, 0.2) is 132 Å². The van der Waals surface area contributed by atoms with Crippen LogP contribution in [0.5, 0.6) is 0 Å². The van der Waals surface area contributed by atoms with Gasteiger partial charge in [-0.15, -0.1) is 0 Å². The Morgan fingerprint density at radius 2 is 1.18 bits per heavy atom. The molecule has 3 nitrogen and oxygen atoms in total. The third-order valence-electron chi connectivity index (χ3n) is 9.92. The number of hydrogen-bond donors (Lipinski definition) is 0. The maximum absolute atomic E-state index is 9.56. The maximum atomic E-state index is 9.56. The molecule has 0 fully saturated rings. The zero-order valence-electron chi connectivity index (χ0n) is 31.9. The van der Waals surface area contributed by atoms with Crippen molar-refractivity contribution >= 4 is 46.2 Å². The molecular weight excluding hydrogens is 625 g/mol. The van der Waals surface area contributed by atoms with Gasteiger partial charge in [0.15, 0.2) is 0 Å². The molecule has 0 aliphatic heterocycles. The van der Waals surface area contributed by atoms with Crippen LogP contribution < -0.4 is 5.19 Å². The van der Waals surface area contributed by atoms with Gasteiger partial charge in [-0.2, -0.15) is 0 Å². The second kappa shape index (κ2) is 12.3. The molecule has 50 heavy (non-hydrogen) atoms. The van der Waals surface area contributed by atoms with Crippen molar-refractivity contribution in [2.75, 3.05) is 0 Å². The van der Waals surface area contributed by atoms with Crippen LogP contribution in [0, 0.1) is 0 Å². The number of furan rings is 1. The van der Waals surface area contributed by atoms with Crippen molar-refractivity contribution in [1.29, 1.82) is 0 Å². The van der Waals surface area contributed by atoms with Gasteiger partial charge >= 0.3 is 0 Å². The molecule has 2 heterocycles. The van der Waals surface area contributed by atoms with E-state index < -0.39 is 19.9 Å². The molecule has 8 aromatic rings. The fourth-order valence-corrected chi connectivity index (χ4v) is 8.35. The number of rotatable bonds is 7. The Bertz CT molecular complexity index is 2580. The SMILES string of the molecule is [2H]C(C)(C)c1cc(-c2ccc(-c3ccc([Si](C)(C)C)cc3)cc2)cc(C([2H])(C)C)c1-n1c(-c2cccc3c2oc2ccccc23)nc2ccccc21. The smallest absolute Gasteiger partial charge is 0.149 e. The molecule has 248 valence electrons. The van der Waals surface area contributed by atoms with E-state index in [2.05, 4.69) is 115 Å². The number of hydrogen-bond acceptors (Lipinski definition) is 2. The van der Waals surface area contributed by atoms with Gasteiger partial charge in [-0.3, -0.25) is 4.57 Å². The van der Waals surface area contributed by atoms with Crippen molar-refractivity contribution in [3.05, 3.63) is 139 Å². The fourth-order valence-electron chi connectivity index (χ4n) is 7.18. The largest absolute Gasteiger partial charge is 0.455 e. The van der Waals surface area contributed by atoms with Gasteiger partial charge in [0.05, 0.1) is 30.4 Å². The van der Waals surface area contributed by atoms with Crippen LogP contribution in [0.1, 0.15) is 53.4 Å². The summed E-state index contributed by atoms with van der Waals surface area (Å²) >= 11 is 0. The quantitative estimate of drug-likeness (QED) is 0.158. The lowest BCUT2D eigenvalue weighted by Gasteiger charge is -2.24. The summed E-state index contributed by atoms with van der Waals surface area (Å²) in [6.45, 7) is 14.9. The van der Waals surface area contributed by atoms with E-state index in [1.165, 1.54) is 16.3 Å². The van der Waals surface area contributed by atoms with E-state index in [9.17, 15) is 2.74 Å². The predicted molar refractivity (Wildman–Crippen MR) is 216 cm³/mol. The molecule has 6 aromatic carbocycles. The van der Waals surface area contributed by atoms with Crippen molar-refractivity contribution in [3.63, 3.8) is 0 Å². The molecule has 0 atom stereocenters. The third kappa shape index (κ3) is 5.48. The number of benzene rings is 6. The number of aromatic nitrogens is 2. The summed E-state index contributed by atoms with van der Waals surface area (Å²) in [5, 5.41) is 3.54. The first-order valence-corrected chi connectivity index (χ1v) is 21.0. The summed E-state index contributed by atoms with van der Waals surface area (Å²) in [6, 6.07) is 44.5. The van der Waals surface area contributed by atoms with E-state index in [1.54, 1.807) is 0 Å². The Kier molecular flexibility index (Phi) is 7.30. The van der Waals surface area contributed by atoms with Crippen LogP contribution in [-0.2, 0) is 0 Å². The van der Waals surface area contributed by atoms with Crippen molar-refractivity contribution in [3.8, 4) is 39.3 Å². The van der Waals surface area contributed by atoms with Crippen LogP contribution in [0.25, 0.3) is 72.3 Å². The molecule has 0 radical (unpaired) electrons. The molecular formula is C46H44N2OSi. The van der Waals surface area contributed by atoms with Crippen molar-refractivity contribution in [1.82, 2.24) is 9.55 Å². The van der Waals surface area contributed by atoms with Gasteiger partial charge in [0, 0.05) is 13.5 Å². The van der Waals surface area contributed by atoms with E-state index in [0.717, 1.165) is 72.3 Å². The first kappa shape index (κ1) is 29.7. The zero-order chi connectivity index (χ0) is 36.6. The summed E-state index contributed by atoms with van der Waals surface area (Å²) in [4.78, 5) is 5.25. The van der Waals surface area contributed by atoms with E-state index in [-0.39, 0.29) is 0 Å². The standard InChI is InChI=1S/C46H44N2OSi/c1-29(2)39-27-34(33-21-19-31(20-22-33)32-23-25-35(26-24-32)50(5,6)7)28-40(30(3)4)44(39)48-42-17-10-9-16-41(42)47-46(48)38-15-12-14-37-36-13-8-11-18-43(36)49-45(37)38/h8-30H,1-7H3/i29D,30D. The van der Waals surface area contributed by atoms with Gasteiger partial charge in [0.25, 0.3) is 0 Å². The minimum atomic E-state index is -1.38. The fraction of sp³-hybridized carbons (Fsp3) is 0.196. The molecule has 0 bridgehead atoms. The lowest BCUT2D eigenvalue weighted by Crippen LogP contribution is -2.37. The third-order valence-corrected chi connectivity index (χ3v) is 12.0. The molecule has 0 saturated heterocycles. The van der Waals surface area contributed by atoms with Crippen LogP contribution in [0.3, 0.4) is 0 Å². The van der Waals surface area contributed by atoms with Gasteiger partial charge in [-0.05, 0) is 81.6 Å². The highest BCUT2D eigenvalue weighted by Crippen LogP contribution is 2.42. The number of imidazole rings is 1. The average Bonchev–Trinajstić information content (AvgIpc) is 3.69. The minimum absolute atomic E-state index is 0.721. The lowest BCUT2D eigenvalue weighted by molar-refractivity contribution is 0.669. The first-order valence-electron chi connectivity index (χ1n) is 18.5. The Hall–Kier alpha value is -5.19. The highest BCUT2D eigenvalue weighted by molar-refractivity contribution is 6.88. The van der Waals surface area contributed by atoms with Crippen LogP contribution in [0.4, 0.5) is 0 Å². The van der Waals surface area contributed by atoms with Gasteiger partial charge in [-0.25, -0.2) is 4.98 Å². The Morgan fingerprint density at radius 1 is 0.620 bits per heavy atom. The molecule has 0 spiro atoms. The first-order chi connectivity index (χ1) is 24.7. The second-order valence-corrected chi connectivity index (χ2v) is 19.9. The maximum Gasteiger partial charge on any atom is 0.149 e.